The normalized spacial score (nSPS) is 15.9. The summed E-state index contributed by atoms with van der Waals surface area (Å²) >= 11 is 1.90. The molecule has 0 atom stereocenters. The van der Waals surface area contributed by atoms with E-state index in [1.807, 2.05) is 11.8 Å². The van der Waals surface area contributed by atoms with E-state index >= 15 is 0 Å². The maximum absolute atomic E-state index is 3.51. The fourth-order valence-electron chi connectivity index (χ4n) is 1.48. The first-order valence-electron chi connectivity index (χ1n) is 5.72. The molecule has 15 heavy (non-hydrogen) atoms. The van der Waals surface area contributed by atoms with Crippen molar-refractivity contribution < 1.29 is 0 Å². The van der Waals surface area contributed by atoms with Crippen LogP contribution in [0.4, 0.5) is 0 Å². The average Bonchev–Trinajstić information content (AvgIpc) is 3.02. The first-order valence-corrected chi connectivity index (χ1v) is 6.70. The van der Waals surface area contributed by atoms with Crippen LogP contribution in [0, 0.1) is 0 Å². The van der Waals surface area contributed by atoms with E-state index in [-0.39, 0.29) is 0 Å². The van der Waals surface area contributed by atoms with Crippen LogP contribution in [-0.4, -0.2) is 11.9 Å². The van der Waals surface area contributed by atoms with Gasteiger partial charge in [0.1, 0.15) is 0 Å². The first-order chi connectivity index (χ1) is 7.25. The molecule has 2 heteroatoms. The van der Waals surface area contributed by atoms with Crippen molar-refractivity contribution in [2.24, 2.45) is 0 Å². The minimum Gasteiger partial charge on any atom is -0.305 e. The standard InChI is InChI=1S/C13H19NS/c1-10(2)11-3-7-13(8-4-11)15-9-14-12-5-6-12/h3-4,7-8,10,12,14H,5-6,9H2,1-2H3. The van der Waals surface area contributed by atoms with Crippen molar-refractivity contribution in [3.05, 3.63) is 29.8 Å². The topological polar surface area (TPSA) is 12.0 Å². The van der Waals surface area contributed by atoms with Crippen LogP contribution in [0.3, 0.4) is 0 Å². The molecule has 0 heterocycles. The van der Waals surface area contributed by atoms with E-state index in [1.54, 1.807) is 0 Å². The Kier molecular flexibility index (Phi) is 3.71. The van der Waals surface area contributed by atoms with Gasteiger partial charge in [0.15, 0.2) is 0 Å². The van der Waals surface area contributed by atoms with Crippen LogP contribution in [0.1, 0.15) is 38.2 Å². The number of hydrogen-bond donors (Lipinski definition) is 1. The van der Waals surface area contributed by atoms with Gasteiger partial charge in [-0.15, -0.1) is 11.8 Å². The number of benzene rings is 1. The molecule has 0 radical (unpaired) electrons. The highest BCUT2D eigenvalue weighted by Crippen LogP contribution is 2.23. The Bertz CT molecular complexity index is 301. The van der Waals surface area contributed by atoms with Crippen LogP contribution in [0.15, 0.2) is 29.2 Å². The van der Waals surface area contributed by atoms with Gasteiger partial charge in [-0.3, -0.25) is 0 Å². The number of thioether (sulfide) groups is 1. The van der Waals surface area contributed by atoms with Gasteiger partial charge in [0.25, 0.3) is 0 Å². The molecule has 0 amide bonds. The number of hydrogen-bond acceptors (Lipinski definition) is 2. The zero-order valence-corrected chi connectivity index (χ0v) is 10.3. The Balaban J connectivity index is 1.80. The average molecular weight is 221 g/mol. The molecule has 0 spiro atoms. The van der Waals surface area contributed by atoms with Crippen molar-refractivity contribution in [3.63, 3.8) is 0 Å². The third kappa shape index (κ3) is 3.54. The molecular formula is C13H19NS. The highest BCUT2D eigenvalue weighted by molar-refractivity contribution is 7.99. The number of rotatable bonds is 5. The van der Waals surface area contributed by atoms with Crippen LogP contribution in [0.2, 0.25) is 0 Å². The molecule has 0 bridgehead atoms. The minimum atomic E-state index is 0.633. The lowest BCUT2D eigenvalue weighted by Gasteiger charge is -2.07. The molecule has 0 saturated heterocycles. The van der Waals surface area contributed by atoms with Gasteiger partial charge in [-0.25, -0.2) is 0 Å². The summed E-state index contributed by atoms with van der Waals surface area (Å²) in [6, 6.07) is 9.75. The van der Waals surface area contributed by atoms with Gasteiger partial charge in [-0.05, 0) is 36.5 Å². The summed E-state index contributed by atoms with van der Waals surface area (Å²) in [6.45, 7) is 4.47. The third-order valence-electron chi connectivity index (χ3n) is 2.73. The molecule has 2 rings (SSSR count). The number of nitrogens with one attached hydrogen (secondary N) is 1. The second-order valence-corrected chi connectivity index (χ2v) is 5.54. The lowest BCUT2D eigenvalue weighted by Crippen LogP contribution is -2.14. The van der Waals surface area contributed by atoms with Crippen LogP contribution in [0.5, 0.6) is 0 Å². The molecule has 1 N–H and O–H groups in total. The van der Waals surface area contributed by atoms with E-state index in [9.17, 15) is 0 Å². The predicted molar refractivity (Wildman–Crippen MR) is 67.4 cm³/mol. The van der Waals surface area contributed by atoms with Gasteiger partial charge < -0.3 is 5.32 Å². The molecule has 1 aromatic rings. The van der Waals surface area contributed by atoms with Crippen LogP contribution in [0.25, 0.3) is 0 Å². The van der Waals surface area contributed by atoms with E-state index in [0.717, 1.165) is 11.9 Å². The fraction of sp³-hybridized carbons (Fsp3) is 0.538. The van der Waals surface area contributed by atoms with Gasteiger partial charge in [0.2, 0.25) is 0 Å². The zero-order valence-electron chi connectivity index (χ0n) is 9.49. The maximum Gasteiger partial charge on any atom is 0.0467 e. The van der Waals surface area contributed by atoms with Crippen molar-refractivity contribution in [2.75, 3.05) is 5.88 Å². The van der Waals surface area contributed by atoms with E-state index in [0.29, 0.717) is 5.92 Å². The molecule has 0 unspecified atom stereocenters. The van der Waals surface area contributed by atoms with E-state index in [1.165, 1.54) is 23.3 Å². The zero-order chi connectivity index (χ0) is 10.7. The summed E-state index contributed by atoms with van der Waals surface area (Å²) in [5, 5.41) is 3.51. The SMILES string of the molecule is CC(C)c1ccc(SCNC2CC2)cc1. The highest BCUT2D eigenvalue weighted by atomic mass is 32.2. The molecule has 0 aliphatic heterocycles. The summed E-state index contributed by atoms with van der Waals surface area (Å²) in [4.78, 5) is 1.37. The van der Waals surface area contributed by atoms with Gasteiger partial charge in [-0.2, -0.15) is 0 Å². The smallest absolute Gasteiger partial charge is 0.0467 e. The van der Waals surface area contributed by atoms with Crippen LogP contribution < -0.4 is 5.32 Å². The minimum absolute atomic E-state index is 0.633. The molecule has 1 aliphatic rings. The molecule has 1 fully saturated rings. The summed E-state index contributed by atoms with van der Waals surface area (Å²) in [6.07, 6.45) is 2.74. The van der Waals surface area contributed by atoms with Crippen LogP contribution in [-0.2, 0) is 0 Å². The van der Waals surface area contributed by atoms with E-state index in [4.69, 9.17) is 0 Å². The maximum atomic E-state index is 3.51. The summed E-state index contributed by atoms with van der Waals surface area (Å²) in [7, 11) is 0. The molecule has 82 valence electrons. The fourth-order valence-corrected chi connectivity index (χ4v) is 2.29. The van der Waals surface area contributed by atoms with Gasteiger partial charge in [0, 0.05) is 16.8 Å². The van der Waals surface area contributed by atoms with Crippen LogP contribution >= 0.6 is 11.8 Å². The molecule has 1 aromatic carbocycles. The quantitative estimate of drug-likeness (QED) is 0.602. The lowest BCUT2D eigenvalue weighted by molar-refractivity contribution is 0.789. The Morgan fingerprint density at radius 2 is 1.93 bits per heavy atom. The molecule has 0 aromatic heterocycles. The summed E-state index contributed by atoms with van der Waals surface area (Å²) < 4.78 is 0. The highest BCUT2D eigenvalue weighted by Gasteiger charge is 2.19. The molecule has 1 nitrogen and oxygen atoms in total. The largest absolute Gasteiger partial charge is 0.305 e. The summed E-state index contributed by atoms with van der Waals surface area (Å²) in [5.41, 5.74) is 1.43. The van der Waals surface area contributed by atoms with E-state index < -0.39 is 0 Å². The Hall–Kier alpha value is -0.470. The van der Waals surface area contributed by atoms with Gasteiger partial charge in [0.05, 0.1) is 0 Å². The van der Waals surface area contributed by atoms with E-state index in [2.05, 4.69) is 43.4 Å². The van der Waals surface area contributed by atoms with Gasteiger partial charge >= 0.3 is 0 Å². The van der Waals surface area contributed by atoms with Crippen molar-refractivity contribution in [3.8, 4) is 0 Å². The first kappa shape index (κ1) is 11.0. The van der Waals surface area contributed by atoms with Crippen molar-refractivity contribution in [2.45, 2.75) is 43.5 Å². The van der Waals surface area contributed by atoms with Gasteiger partial charge in [-0.1, -0.05) is 26.0 Å². The lowest BCUT2D eigenvalue weighted by atomic mass is 10.0. The van der Waals surface area contributed by atoms with Crippen molar-refractivity contribution >= 4 is 11.8 Å². The molecule has 1 aliphatic carbocycles. The Labute approximate surface area is 96.7 Å². The Morgan fingerprint density at radius 3 is 2.47 bits per heavy atom. The predicted octanol–water partition coefficient (Wildman–Crippen LogP) is 3.61. The molecular weight excluding hydrogens is 202 g/mol. The summed E-state index contributed by atoms with van der Waals surface area (Å²) in [5.74, 6) is 1.68. The van der Waals surface area contributed by atoms with Crippen molar-refractivity contribution in [1.29, 1.82) is 0 Å². The molecule has 1 saturated carbocycles. The van der Waals surface area contributed by atoms with Crippen molar-refractivity contribution in [1.82, 2.24) is 5.32 Å². The Morgan fingerprint density at radius 1 is 1.27 bits per heavy atom. The second-order valence-electron chi connectivity index (χ2n) is 4.49. The monoisotopic (exact) mass is 221 g/mol. The second kappa shape index (κ2) is 5.04. The third-order valence-corrected chi connectivity index (χ3v) is 3.65.